The van der Waals surface area contributed by atoms with Gasteiger partial charge in [-0.25, -0.2) is 4.79 Å². The van der Waals surface area contributed by atoms with E-state index < -0.39 is 5.97 Å². The van der Waals surface area contributed by atoms with E-state index >= 15 is 0 Å². The Morgan fingerprint density at radius 1 is 1.12 bits per heavy atom. The number of esters is 1. The average Bonchev–Trinajstić information content (AvgIpc) is 2.64. The van der Waals surface area contributed by atoms with E-state index in [0.29, 0.717) is 12.4 Å². The SMILES string of the molecule is CCCCCCC(C)OC(=O)C1=CC=C(OCc2ccccc2)CC1=O. The molecule has 1 aromatic rings. The van der Waals surface area contributed by atoms with Gasteiger partial charge in [0.1, 0.15) is 17.9 Å². The summed E-state index contributed by atoms with van der Waals surface area (Å²) in [6.07, 6.45) is 8.50. The molecule has 1 aliphatic carbocycles. The molecule has 1 atom stereocenters. The van der Waals surface area contributed by atoms with Crippen molar-refractivity contribution in [2.45, 2.75) is 65.1 Å². The predicted octanol–water partition coefficient (Wildman–Crippen LogP) is 4.89. The highest BCUT2D eigenvalue weighted by atomic mass is 16.5. The van der Waals surface area contributed by atoms with Crippen LogP contribution in [0.5, 0.6) is 0 Å². The molecule has 0 amide bonds. The van der Waals surface area contributed by atoms with Gasteiger partial charge in [-0.05, 0) is 37.5 Å². The van der Waals surface area contributed by atoms with Crippen LogP contribution in [-0.2, 0) is 25.7 Å². The van der Waals surface area contributed by atoms with Crippen molar-refractivity contribution < 1.29 is 19.1 Å². The highest BCUT2D eigenvalue weighted by Gasteiger charge is 2.25. The van der Waals surface area contributed by atoms with E-state index in [-0.39, 0.29) is 23.9 Å². The quantitative estimate of drug-likeness (QED) is 0.340. The minimum atomic E-state index is -0.531. The number of benzene rings is 1. The Balaban J connectivity index is 1.83. The fraction of sp³-hybridized carbons (Fsp3) is 0.455. The zero-order valence-electron chi connectivity index (χ0n) is 15.7. The van der Waals surface area contributed by atoms with Crippen LogP contribution in [0.25, 0.3) is 0 Å². The van der Waals surface area contributed by atoms with Crippen LogP contribution in [0.4, 0.5) is 0 Å². The van der Waals surface area contributed by atoms with Gasteiger partial charge in [0.2, 0.25) is 0 Å². The second kappa shape index (κ2) is 10.6. The van der Waals surface area contributed by atoms with Crippen LogP contribution in [0.15, 0.2) is 53.8 Å². The highest BCUT2D eigenvalue weighted by Crippen LogP contribution is 2.20. The maximum atomic E-state index is 12.2. The van der Waals surface area contributed by atoms with Crippen LogP contribution in [-0.4, -0.2) is 17.9 Å². The fourth-order valence-electron chi connectivity index (χ4n) is 2.78. The van der Waals surface area contributed by atoms with Gasteiger partial charge >= 0.3 is 5.97 Å². The molecule has 140 valence electrons. The lowest BCUT2D eigenvalue weighted by Crippen LogP contribution is -2.22. The van der Waals surface area contributed by atoms with Crippen LogP contribution in [0.3, 0.4) is 0 Å². The molecule has 1 unspecified atom stereocenters. The molecular weight excluding hydrogens is 328 g/mol. The molecule has 4 heteroatoms. The Morgan fingerprint density at radius 3 is 2.58 bits per heavy atom. The Bertz CT molecular complexity index is 658. The average molecular weight is 356 g/mol. The number of ketones is 1. The highest BCUT2D eigenvalue weighted by molar-refractivity contribution is 6.18. The number of allylic oxidation sites excluding steroid dienone is 3. The molecule has 0 N–H and O–H groups in total. The van der Waals surface area contributed by atoms with Gasteiger partial charge in [0, 0.05) is 0 Å². The molecule has 2 rings (SSSR count). The summed E-state index contributed by atoms with van der Waals surface area (Å²) in [6.45, 7) is 4.44. The second-order valence-corrected chi connectivity index (χ2v) is 6.65. The molecule has 0 bridgehead atoms. The molecule has 0 saturated heterocycles. The van der Waals surface area contributed by atoms with Gasteiger partial charge in [0.05, 0.1) is 12.5 Å². The fourth-order valence-corrected chi connectivity index (χ4v) is 2.78. The van der Waals surface area contributed by atoms with Crippen LogP contribution < -0.4 is 0 Å². The standard InChI is InChI=1S/C22H28O4/c1-3-4-5-7-10-17(2)26-22(24)20-14-13-19(15-21(20)23)25-16-18-11-8-6-9-12-18/h6,8-9,11-14,17H,3-5,7,10,15-16H2,1-2H3. The Morgan fingerprint density at radius 2 is 1.88 bits per heavy atom. The number of ether oxygens (including phenoxy) is 2. The van der Waals surface area contributed by atoms with Crippen molar-refractivity contribution in [3.63, 3.8) is 0 Å². The largest absolute Gasteiger partial charge is 0.493 e. The molecule has 4 nitrogen and oxygen atoms in total. The van der Waals surface area contributed by atoms with Gasteiger partial charge in [0.15, 0.2) is 5.78 Å². The Hall–Kier alpha value is -2.36. The zero-order valence-corrected chi connectivity index (χ0v) is 15.7. The molecule has 0 spiro atoms. The normalized spacial score (nSPS) is 15.1. The van der Waals surface area contributed by atoms with E-state index in [1.807, 2.05) is 37.3 Å². The first-order chi connectivity index (χ1) is 12.6. The molecule has 1 aromatic carbocycles. The summed E-state index contributed by atoms with van der Waals surface area (Å²) in [5, 5.41) is 0. The first kappa shape index (κ1) is 20.0. The lowest BCUT2D eigenvalue weighted by molar-refractivity contribution is -0.145. The van der Waals surface area contributed by atoms with Gasteiger partial charge in [-0.3, -0.25) is 4.79 Å². The number of carbonyl (C=O) groups excluding carboxylic acids is 2. The van der Waals surface area contributed by atoms with Crippen molar-refractivity contribution in [2.24, 2.45) is 0 Å². The summed E-state index contributed by atoms with van der Waals surface area (Å²) in [5.74, 6) is -0.210. The third-order valence-corrected chi connectivity index (χ3v) is 4.33. The van der Waals surface area contributed by atoms with E-state index in [1.54, 1.807) is 6.08 Å². The molecule has 26 heavy (non-hydrogen) atoms. The number of hydrogen-bond donors (Lipinski definition) is 0. The van der Waals surface area contributed by atoms with Gasteiger partial charge in [-0.2, -0.15) is 0 Å². The summed E-state index contributed by atoms with van der Waals surface area (Å²) >= 11 is 0. The number of hydrogen-bond acceptors (Lipinski definition) is 4. The maximum Gasteiger partial charge on any atom is 0.342 e. The number of unbranched alkanes of at least 4 members (excludes halogenated alkanes) is 3. The summed E-state index contributed by atoms with van der Waals surface area (Å²) < 4.78 is 11.1. The van der Waals surface area contributed by atoms with Crippen LogP contribution in [0.1, 0.15) is 57.9 Å². The first-order valence-corrected chi connectivity index (χ1v) is 9.42. The van der Waals surface area contributed by atoms with Crippen molar-refractivity contribution in [1.82, 2.24) is 0 Å². The molecule has 1 aliphatic rings. The van der Waals surface area contributed by atoms with Crippen LogP contribution in [0, 0.1) is 0 Å². The van der Waals surface area contributed by atoms with Gasteiger partial charge < -0.3 is 9.47 Å². The topological polar surface area (TPSA) is 52.6 Å². The summed E-state index contributed by atoms with van der Waals surface area (Å²) in [6, 6.07) is 9.75. The minimum Gasteiger partial charge on any atom is -0.493 e. The predicted molar refractivity (Wildman–Crippen MR) is 101 cm³/mol. The minimum absolute atomic E-state index is 0.0959. The third kappa shape index (κ3) is 6.51. The molecule has 0 aromatic heterocycles. The molecule has 0 heterocycles. The Kier molecular flexibility index (Phi) is 8.13. The van der Waals surface area contributed by atoms with Crippen molar-refractivity contribution in [3.8, 4) is 0 Å². The smallest absolute Gasteiger partial charge is 0.342 e. The van der Waals surface area contributed by atoms with E-state index in [0.717, 1.165) is 24.8 Å². The van der Waals surface area contributed by atoms with Gasteiger partial charge in [0.25, 0.3) is 0 Å². The van der Waals surface area contributed by atoms with Gasteiger partial charge in [-0.1, -0.05) is 56.5 Å². The van der Waals surface area contributed by atoms with Crippen molar-refractivity contribution in [1.29, 1.82) is 0 Å². The first-order valence-electron chi connectivity index (χ1n) is 9.42. The second-order valence-electron chi connectivity index (χ2n) is 6.65. The molecule has 0 saturated carbocycles. The van der Waals surface area contributed by atoms with Crippen molar-refractivity contribution in [3.05, 3.63) is 59.4 Å². The Labute approximate surface area is 155 Å². The lowest BCUT2D eigenvalue weighted by Gasteiger charge is -2.17. The monoisotopic (exact) mass is 356 g/mol. The third-order valence-electron chi connectivity index (χ3n) is 4.33. The van der Waals surface area contributed by atoms with E-state index in [2.05, 4.69) is 6.92 Å². The van der Waals surface area contributed by atoms with E-state index in [1.165, 1.54) is 18.9 Å². The van der Waals surface area contributed by atoms with E-state index in [4.69, 9.17) is 9.47 Å². The summed E-state index contributed by atoms with van der Waals surface area (Å²) in [4.78, 5) is 24.5. The van der Waals surface area contributed by atoms with Crippen molar-refractivity contribution >= 4 is 11.8 Å². The lowest BCUT2D eigenvalue weighted by atomic mass is 10.0. The van der Waals surface area contributed by atoms with Crippen LogP contribution >= 0.6 is 0 Å². The molecule has 0 fully saturated rings. The number of rotatable bonds is 10. The van der Waals surface area contributed by atoms with Crippen molar-refractivity contribution in [2.75, 3.05) is 0 Å². The van der Waals surface area contributed by atoms with Crippen LogP contribution in [0.2, 0.25) is 0 Å². The summed E-state index contributed by atoms with van der Waals surface area (Å²) in [5.41, 5.74) is 1.14. The molecule has 0 radical (unpaired) electrons. The number of carbonyl (C=O) groups is 2. The summed E-state index contributed by atoms with van der Waals surface area (Å²) in [7, 11) is 0. The molecular formula is C22H28O4. The number of Topliss-reactive ketones (excluding diaryl/α,β-unsaturated/α-hetero) is 1. The molecule has 0 aliphatic heterocycles. The zero-order chi connectivity index (χ0) is 18.8. The van der Waals surface area contributed by atoms with Gasteiger partial charge in [-0.15, -0.1) is 0 Å². The maximum absolute atomic E-state index is 12.2. The van der Waals surface area contributed by atoms with E-state index in [9.17, 15) is 9.59 Å².